The molecule has 0 bridgehead atoms. The van der Waals surface area contributed by atoms with Crippen LogP contribution in [-0.4, -0.2) is 47.0 Å². The molecule has 9 nitrogen and oxygen atoms in total. The molecule has 3 N–H and O–H groups in total. The summed E-state index contributed by atoms with van der Waals surface area (Å²) < 4.78 is 13.9. The van der Waals surface area contributed by atoms with Crippen molar-refractivity contribution in [1.29, 1.82) is 0 Å². The van der Waals surface area contributed by atoms with E-state index in [0.29, 0.717) is 47.3 Å². The number of aromatic nitrogens is 3. The number of aliphatic hydroxyl groups is 1. The number of benzene rings is 2. The van der Waals surface area contributed by atoms with Gasteiger partial charge in [0.25, 0.3) is 5.91 Å². The van der Waals surface area contributed by atoms with Crippen molar-refractivity contribution in [2.75, 3.05) is 18.5 Å². The SMILES string of the molecule is Cn1c(Nc2nc3ccc(C(C)(C)O)cc3o2)nc2cc(C(=O)NCCO[Si](C)(C)C(C)(C)C)ccc21. The molecule has 0 radical (unpaired) electrons. The van der Waals surface area contributed by atoms with Gasteiger partial charge in [-0.25, -0.2) is 4.98 Å². The lowest BCUT2D eigenvalue weighted by Crippen LogP contribution is -2.42. The summed E-state index contributed by atoms with van der Waals surface area (Å²) in [5.74, 6) is 0.368. The van der Waals surface area contributed by atoms with Gasteiger partial charge in [0, 0.05) is 19.2 Å². The maximum atomic E-state index is 12.7. The molecule has 0 aliphatic rings. The molecule has 0 atom stereocenters. The van der Waals surface area contributed by atoms with E-state index in [1.165, 1.54) is 0 Å². The van der Waals surface area contributed by atoms with Gasteiger partial charge in [0.2, 0.25) is 5.95 Å². The van der Waals surface area contributed by atoms with Gasteiger partial charge in [0.1, 0.15) is 5.52 Å². The first kappa shape index (κ1) is 26.8. The first-order valence-corrected chi connectivity index (χ1v) is 15.4. The molecule has 4 aromatic rings. The predicted octanol–water partition coefficient (Wildman–Crippen LogP) is 5.44. The number of nitrogens with zero attached hydrogens (tertiary/aromatic N) is 3. The predicted molar refractivity (Wildman–Crippen MR) is 149 cm³/mol. The number of fused-ring (bicyclic) bond motifs is 2. The number of carbonyl (C=O) groups excluding carboxylic acids is 1. The van der Waals surface area contributed by atoms with E-state index in [-0.39, 0.29) is 10.9 Å². The van der Waals surface area contributed by atoms with E-state index in [1.54, 1.807) is 32.0 Å². The fourth-order valence-corrected chi connectivity index (χ4v) is 4.74. The molecule has 0 unspecified atom stereocenters. The highest BCUT2D eigenvalue weighted by Gasteiger charge is 2.36. The summed E-state index contributed by atoms with van der Waals surface area (Å²) in [5, 5.41) is 16.5. The molecule has 198 valence electrons. The molecule has 4 rings (SSSR count). The van der Waals surface area contributed by atoms with Crippen molar-refractivity contribution in [2.45, 2.75) is 58.4 Å². The molecule has 2 aromatic heterocycles. The second kappa shape index (κ2) is 9.59. The molecule has 2 heterocycles. The Bertz CT molecular complexity index is 1440. The highest BCUT2D eigenvalue weighted by atomic mass is 28.4. The van der Waals surface area contributed by atoms with Crippen LogP contribution in [-0.2, 0) is 17.1 Å². The van der Waals surface area contributed by atoms with E-state index < -0.39 is 13.9 Å². The maximum Gasteiger partial charge on any atom is 0.302 e. The van der Waals surface area contributed by atoms with Gasteiger partial charge in [-0.05, 0) is 67.9 Å². The van der Waals surface area contributed by atoms with Crippen molar-refractivity contribution in [3.8, 4) is 0 Å². The number of aryl methyl sites for hydroxylation is 1. The Labute approximate surface area is 218 Å². The third-order valence-corrected chi connectivity index (χ3v) is 11.7. The van der Waals surface area contributed by atoms with Crippen LogP contribution in [0.5, 0.6) is 0 Å². The second-order valence-electron chi connectivity index (χ2n) is 11.4. The van der Waals surface area contributed by atoms with Crippen LogP contribution in [0.15, 0.2) is 40.8 Å². The summed E-state index contributed by atoms with van der Waals surface area (Å²) >= 11 is 0. The number of oxazole rings is 1. The monoisotopic (exact) mass is 523 g/mol. The fraction of sp³-hybridized carbons (Fsp3) is 0.444. The van der Waals surface area contributed by atoms with Crippen molar-refractivity contribution in [2.24, 2.45) is 7.05 Å². The summed E-state index contributed by atoms with van der Waals surface area (Å²) in [6.45, 7) is 15.4. The Morgan fingerprint density at radius 2 is 1.81 bits per heavy atom. The number of hydrogen-bond donors (Lipinski definition) is 3. The molecule has 0 saturated carbocycles. The fourth-order valence-electron chi connectivity index (χ4n) is 3.70. The molecule has 0 aliphatic carbocycles. The average molecular weight is 524 g/mol. The first-order chi connectivity index (χ1) is 17.2. The van der Waals surface area contributed by atoms with Crippen molar-refractivity contribution in [3.63, 3.8) is 0 Å². The van der Waals surface area contributed by atoms with Crippen molar-refractivity contribution < 1.29 is 18.7 Å². The van der Waals surface area contributed by atoms with Crippen LogP contribution < -0.4 is 10.6 Å². The second-order valence-corrected chi connectivity index (χ2v) is 16.3. The Balaban J connectivity index is 1.45. The van der Waals surface area contributed by atoms with Gasteiger partial charge in [-0.2, -0.15) is 4.98 Å². The molecular formula is C27H37N5O4Si. The third-order valence-electron chi connectivity index (χ3n) is 7.11. The van der Waals surface area contributed by atoms with Crippen LogP contribution in [0.2, 0.25) is 18.1 Å². The van der Waals surface area contributed by atoms with E-state index >= 15 is 0 Å². The Morgan fingerprint density at radius 1 is 1.08 bits per heavy atom. The molecule has 2 aromatic carbocycles. The minimum absolute atomic E-state index is 0.129. The smallest absolute Gasteiger partial charge is 0.302 e. The Hall–Kier alpha value is -3.21. The molecule has 0 spiro atoms. The van der Waals surface area contributed by atoms with Gasteiger partial charge < -0.3 is 23.8 Å². The largest absolute Gasteiger partial charge is 0.423 e. The summed E-state index contributed by atoms with van der Waals surface area (Å²) in [5.41, 5.74) is 3.07. The zero-order chi connectivity index (χ0) is 27.2. The van der Waals surface area contributed by atoms with Gasteiger partial charge in [0.05, 0.1) is 23.2 Å². The van der Waals surface area contributed by atoms with Crippen molar-refractivity contribution in [3.05, 3.63) is 47.5 Å². The molecule has 1 amide bonds. The minimum atomic E-state index is -1.85. The zero-order valence-electron chi connectivity index (χ0n) is 22.9. The molecule has 0 saturated heterocycles. The maximum absolute atomic E-state index is 12.7. The van der Waals surface area contributed by atoms with Gasteiger partial charge in [-0.3, -0.25) is 10.1 Å². The molecule has 10 heteroatoms. The number of imidazole rings is 1. The van der Waals surface area contributed by atoms with Gasteiger partial charge >= 0.3 is 6.01 Å². The Morgan fingerprint density at radius 3 is 2.49 bits per heavy atom. The van der Waals surface area contributed by atoms with Crippen LogP contribution in [0.3, 0.4) is 0 Å². The lowest BCUT2D eigenvalue weighted by atomic mass is 9.98. The lowest BCUT2D eigenvalue weighted by Gasteiger charge is -2.36. The summed E-state index contributed by atoms with van der Waals surface area (Å²) in [7, 11) is 0.0339. The van der Waals surface area contributed by atoms with Crippen LogP contribution in [0.4, 0.5) is 12.0 Å². The molecule has 0 fully saturated rings. The van der Waals surface area contributed by atoms with E-state index in [4.69, 9.17) is 8.84 Å². The van der Waals surface area contributed by atoms with Crippen molar-refractivity contribution in [1.82, 2.24) is 19.9 Å². The lowest BCUT2D eigenvalue weighted by molar-refractivity contribution is 0.0786. The number of anilines is 2. The van der Waals surface area contributed by atoms with Crippen LogP contribution in [0.1, 0.15) is 50.5 Å². The normalized spacial score (nSPS) is 12.9. The molecule has 0 aliphatic heterocycles. The summed E-state index contributed by atoms with van der Waals surface area (Å²) in [6.07, 6.45) is 0. The number of rotatable bonds is 8. The van der Waals surface area contributed by atoms with Gasteiger partial charge in [0.15, 0.2) is 13.9 Å². The van der Waals surface area contributed by atoms with Gasteiger partial charge in [-0.1, -0.05) is 26.8 Å². The average Bonchev–Trinajstić information content (AvgIpc) is 3.34. The quantitative estimate of drug-likeness (QED) is 0.208. The van der Waals surface area contributed by atoms with Gasteiger partial charge in [-0.15, -0.1) is 0 Å². The Kier molecular flexibility index (Phi) is 6.95. The topological polar surface area (TPSA) is 114 Å². The number of nitrogens with one attached hydrogen (secondary N) is 2. The third kappa shape index (κ3) is 5.71. The number of carbonyl (C=O) groups is 1. The van der Waals surface area contributed by atoms with Crippen molar-refractivity contribution >= 4 is 48.3 Å². The van der Waals surface area contributed by atoms with E-state index in [1.807, 2.05) is 29.8 Å². The zero-order valence-corrected chi connectivity index (χ0v) is 23.9. The minimum Gasteiger partial charge on any atom is -0.423 e. The summed E-state index contributed by atoms with van der Waals surface area (Å²) in [4.78, 5) is 21.9. The molecule has 37 heavy (non-hydrogen) atoms. The molecular weight excluding hydrogens is 486 g/mol. The van der Waals surface area contributed by atoms with E-state index in [0.717, 1.165) is 11.1 Å². The summed E-state index contributed by atoms with van der Waals surface area (Å²) in [6, 6.07) is 11.1. The number of hydrogen-bond acceptors (Lipinski definition) is 7. The number of amides is 1. The van der Waals surface area contributed by atoms with E-state index in [2.05, 4.69) is 54.5 Å². The highest BCUT2D eigenvalue weighted by Crippen LogP contribution is 2.36. The standard InChI is InChI=1S/C27H37N5O4Si/c1-26(2,3)37(7,8)35-14-13-28-23(33)17-9-12-21-20(15-17)29-24(32(21)6)31-25-30-19-11-10-18(27(4,5)34)16-22(19)36-25/h9-12,15-16,34H,13-14H2,1-8H3,(H,28,33)(H,29,30,31). The van der Waals surface area contributed by atoms with E-state index in [9.17, 15) is 9.90 Å². The van der Waals surface area contributed by atoms with Crippen LogP contribution in [0.25, 0.3) is 22.1 Å². The first-order valence-electron chi connectivity index (χ1n) is 12.4. The van der Waals surface area contributed by atoms with Crippen LogP contribution >= 0.6 is 0 Å². The highest BCUT2D eigenvalue weighted by molar-refractivity contribution is 6.74. The van der Waals surface area contributed by atoms with Crippen LogP contribution in [0, 0.1) is 0 Å².